The fraction of sp³-hybridized carbons (Fsp3) is 0.250. The van der Waals surface area contributed by atoms with Gasteiger partial charge in [0.05, 0.1) is 0 Å². The van der Waals surface area contributed by atoms with Crippen LogP contribution in [0.25, 0.3) is 0 Å². The second kappa shape index (κ2) is 3.06. The first-order valence-electron chi connectivity index (χ1n) is 3.07. The average molecular weight is 179 g/mol. The van der Waals surface area contributed by atoms with Crippen LogP contribution >= 0.6 is 0 Å². The van der Waals surface area contributed by atoms with Crippen molar-refractivity contribution in [1.82, 2.24) is 0 Å². The number of hydrogen-bond acceptors (Lipinski definition) is 0. The molecule has 0 aromatic heterocycles. The fourth-order valence-electron chi connectivity index (χ4n) is 0.720. The Labute approximate surface area is 62.8 Å². The molecule has 1 heteroatoms. The zero-order valence-corrected chi connectivity index (χ0v) is 7.91. The predicted octanol–water partition coefficient (Wildman–Crippen LogP) is 1.37. The average Bonchev–Trinajstić information content (AvgIpc) is 1.90. The standard InChI is InChI=1S/C8H10Ge/c1-7-3-5-8(9-2)6-4-7/h3-6H,1-2H3. The molecular formula is C8H10Ge. The molecule has 0 atom stereocenters. The second-order valence-electron chi connectivity index (χ2n) is 2.12. The molecule has 2 radical (unpaired) electrons. The summed E-state index contributed by atoms with van der Waals surface area (Å²) in [5, 5.41) is 0. The van der Waals surface area contributed by atoms with Gasteiger partial charge in [0.1, 0.15) is 0 Å². The molecule has 0 aliphatic heterocycles. The molecule has 0 unspecified atom stereocenters. The molecule has 0 spiro atoms. The molecule has 0 amide bonds. The summed E-state index contributed by atoms with van der Waals surface area (Å²) in [7, 11) is 0. The molecule has 46 valence electrons. The van der Waals surface area contributed by atoms with Crippen LogP contribution in [-0.4, -0.2) is 15.4 Å². The molecule has 0 fully saturated rings. The molecular weight excluding hydrogens is 169 g/mol. The van der Waals surface area contributed by atoms with Crippen molar-refractivity contribution in [2.75, 3.05) is 0 Å². The minimum atomic E-state index is 0.182. The van der Waals surface area contributed by atoms with E-state index in [-0.39, 0.29) is 15.4 Å². The Kier molecular flexibility index (Phi) is 2.34. The first kappa shape index (κ1) is 6.88. The van der Waals surface area contributed by atoms with Gasteiger partial charge in [0, 0.05) is 0 Å². The Morgan fingerprint density at radius 1 is 1.11 bits per heavy atom. The van der Waals surface area contributed by atoms with Crippen molar-refractivity contribution < 1.29 is 0 Å². The van der Waals surface area contributed by atoms with Gasteiger partial charge in [0.15, 0.2) is 0 Å². The Bertz CT molecular complexity index is 176. The number of aryl methyl sites for hydroxylation is 1. The van der Waals surface area contributed by atoms with Crippen LogP contribution in [0.1, 0.15) is 5.56 Å². The molecule has 1 aromatic rings. The summed E-state index contributed by atoms with van der Waals surface area (Å²) < 4.78 is 1.54. The molecule has 1 rings (SSSR count). The third-order valence-corrected chi connectivity index (χ3v) is 3.25. The van der Waals surface area contributed by atoms with E-state index in [0.29, 0.717) is 0 Å². The van der Waals surface area contributed by atoms with E-state index < -0.39 is 0 Å². The molecule has 0 nitrogen and oxygen atoms in total. The van der Waals surface area contributed by atoms with Crippen molar-refractivity contribution in [3.05, 3.63) is 29.8 Å². The van der Waals surface area contributed by atoms with Gasteiger partial charge in [0.2, 0.25) is 0 Å². The van der Waals surface area contributed by atoms with Crippen molar-refractivity contribution in [2.24, 2.45) is 0 Å². The molecule has 0 aliphatic rings. The Morgan fingerprint density at radius 2 is 1.67 bits per heavy atom. The van der Waals surface area contributed by atoms with E-state index in [1.807, 2.05) is 0 Å². The van der Waals surface area contributed by atoms with E-state index in [2.05, 4.69) is 36.9 Å². The molecule has 1 aromatic carbocycles. The quantitative estimate of drug-likeness (QED) is 0.571. The van der Waals surface area contributed by atoms with Gasteiger partial charge >= 0.3 is 62.3 Å². The van der Waals surface area contributed by atoms with Gasteiger partial charge in [0.25, 0.3) is 0 Å². The van der Waals surface area contributed by atoms with Crippen LogP contribution in [-0.2, 0) is 0 Å². The maximum absolute atomic E-state index is 2.30. The van der Waals surface area contributed by atoms with Crippen molar-refractivity contribution in [2.45, 2.75) is 12.7 Å². The van der Waals surface area contributed by atoms with Crippen molar-refractivity contribution in [3.63, 3.8) is 0 Å². The van der Waals surface area contributed by atoms with E-state index in [9.17, 15) is 0 Å². The van der Waals surface area contributed by atoms with Crippen molar-refractivity contribution >= 4 is 19.8 Å². The molecule has 0 saturated carbocycles. The normalized spacial score (nSPS) is 9.56. The number of benzene rings is 1. The zero-order valence-electron chi connectivity index (χ0n) is 5.81. The first-order valence-corrected chi connectivity index (χ1v) is 6.22. The molecule has 0 bridgehead atoms. The minimum absolute atomic E-state index is 0.182. The summed E-state index contributed by atoms with van der Waals surface area (Å²) in [5.41, 5.74) is 1.36. The monoisotopic (exact) mass is 180 g/mol. The van der Waals surface area contributed by atoms with E-state index in [4.69, 9.17) is 0 Å². The summed E-state index contributed by atoms with van der Waals surface area (Å²) in [6.45, 7) is 2.12. The summed E-state index contributed by atoms with van der Waals surface area (Å²) in [6, 6.07) is 8.83. The van der Waals surface area contributed by atoms with Crippen LogP contribution in [0, 0.1) is 6.92 Å². The van der Waals surface area contributed by atoms with Gasteiger partial charge in [-0.1, -0.05) is 0 Å². The van der Waals surface area contributed by atoms with E-state index in [1.54, 1.807) is 4.40 Å². The third kappa shape index (κ3) is 1.86. The summed E-state index contributed by atoms with van der Waals surface area (Å²) in [4.78, 5) is 0. The second-order valence-corrected chi connectivity index (χ2v) is 4.38. The molecule has 9 heavy (non-hydrogen) atoms. The molecule has 0 saturated heterocycles. The summed E-state index contributed by atoms with van der Waals surface area (Å²) in [6.07, 6.45) is 0. The van der Waals surface area contributed by atoms with Crippen molar-refractivity contribution in [3.8, 4) is 0 Å². The van der Waals surface area contributed by atoms with Gasteiger partial charge in [-0.3, -0.25) is 0 Å². The zero-order chi connectivity index (χ0) is 6.69. The van der Waals surface area contributed by atoms with Crippen LogP contribution in [0.3, 0.4) is 0 Å². The summed E-state index contributed by atoms with van der Waals surface area (Å²) >= 11 is 0.182. The Morgan fingerprint density at radius 3 is 2.11 bits per heavy atom. The van der Waals surface area contributed by atoms with Gasteiger partial charge in [-0.15, -0.1) is 0 Å². The van der Waals surface area contributed by atoms with Crippen LogP contribution in [0.4, 0.5) is 0 Å². The number of rotatable bonds is 1. The first-order chi connectivity index (χ1) is 4.33. The number of hydrogen-bond donors (Lipinski definition) is 0. The van der Waals surface area contributed by atoms with Crippen LogP contribution < -0.4 is 4.40 Å². The van der Waals surface area contributed by atoms with E-state index in [0.717, 1.165) is 0 Å². The fourth-order valence-corrected chi connectivity index (χ4v) is 1.77. The van der Waals surface area contributed by atoms with Crippen LogP contribution in [0.2, 0.25) is 5.76 Å². The molecule has 0 aliphatic carbocycles. The van der Waals surface area contributed by atoms with Crippen LogP contribution in [0.15, 0.2) is 24.3 Å². The predicted molar refractivity (Wildman–Crippen MR) is 42.4 cm³/mol. The topological polar surface area (TPSA) is 0 Å². The Hall–Kier alpha value is -0.237. The van der Waals surface area contributed by atoms with E-state index >= 15 is 0 Å². The van der Waals surface area contributed by atoms with Gasteiger partial charge in [-0.05, 0) is 0 Å². The van der Waals surface area contributed by atoms with Gasteiger partial charge in [-0.25, -0.2) is 0 Å². The molecule has 0 N–H and O–H groups in total. The SMILES string of the molecule is [CH3][Ge][c]1ccc(C)cc1. The third-order valence-electron chi connectivity index (χ3n) is 1.34. The molecule has 0 heterocycles. The van der Waals surface area contributed by atoms with Gasteiger partial charge in [-0.2, -0.15) is 0 Å². The van der Waals surface area contributed by atoms with Crippen LogP contribution in [0.5, 0.6) is 0 Å². The maximum atomic E-state index is 2.30. The Balaban J connectivity index is 2.88. The van der Waals surface area contributed by atoms with E-state index in [1.165, 1.54) is 5.56 Å². The summed E-state index contributed by atoms with van der Waals surface area (Å²) in [5.74, 6) is 2.30. The van der Waals surface area contributed by atoms with Crippen molar-refractivity contribution in [1.29, 1.82) is 0 Å². The van der Waals surface area contributed by atoms with Gasteiger partial charge < -0.3 is 0 Å².